The summed E-state index contributed by atoms with van der Waals surface area (Å²) in [4.78, 5) is 15.7. The van der Waals surface area contributed by atoms with Gasteiger partial charge in [-0.1, -0.05) is 18.8 Å². The van der Waals surface area contributed by atoms with E-state index in [0.29, 0.717) is 22.4 Å². The van der Waals surface area contributed by atoms with Gasteiger partial charge in [0.15, 0.2) is 9.84 Å². The van der Waals surface area contributed by atoms with Crippen LogP contribution in [0.1, 0.15) is 29.3 Å². The van der Waals surface area contributed by atoms with Crippen LogP contribution in [0.15, 0.2) is 41.4 Å². The first kappa shape index (κ1) is 30.2. The molecular formula is C28H32F3N5O4S. The van der Waals surface area contributed by atoms with Gasteiger partial charge in [-0.2, -0.15) is 18.3 Å². The molecule has 4 rings (SSSR count). The molecule has 3 aromatic rings. The molecule has 0 bridgehead atoms. The molecule has 2 atom stereocenters. The Kier molecular flexibility index (Phi) is 8.84. The van der Waals surface area contributed by atoms with E-state index in [1.165, 1.54) is 37.6 Å². The van der Waals surface area contributed by atoms with E-state index in [1.807, 2.05) is 14.0 Å². The minimum Gasteiger partial charge on any atom is -0.495 e. The van der Waals surface area contributed by atoms with Gasteiger partial charge < -0.3 is 20.3 Å². The van der Waals surface area contributed by atoms with E-state index >= 15 is 0 Å². The molecule has 41 heavy (non-hydrogen) atoms. The normalized spacial score (nSPS) is 18.0. The fourth-order valence-electron chi connectivity index (χ4n) is 4.89. The summed E-state index contributed by atoms with van der Waals surface area (Å²) in [5.41, 5.74) is 1.09. The third kappa shape index (κ3) is 7.51. The summed E-state index contributed by atoms with van der Waals surface area (Å²) < 4.78 is 69.7. The van der Waals surface area contributed by atoms with Crippen molar-refractivity contribution in [1.82, 2.24) is 20.0 Å². The quantitative estimate of drug-likeness (QED) is 0.405. The number of fused-ring (bicyclic) bond motifs is 1. The van der Waals surface area contributed by atoms with E-state index in [1.54, 1.807) is 6.07 Å². The van der Waals surface area contributed by atoms with Crippen LogP contribution in [0.25, 0.3) is 10.9 Å². The topological polar surface area (TPSA) is 106 Å². The fourth-order valence-corrected chi connectivity index (χ4v) is 5.54. The predicted molar refractivity (Wildman–Crippen MR) is 150 cm³/mol. The van der Waals surface area contributed by atoms with Crippen LogP contribution in [0.3, 0.4) is 0 Å². The number of anilines is 1. The van der Waals surface area contributed by atoms with Crippen molar-refractivity contribution in [3.8, 4) is 17.6 Å². The number of nitrogens with one attached hydrogen (secondary N) is 2. The second kappa shape index (κ2) is 12.0. The summed E-state index contributed by atoms with van der Waals surface area (Å²) >= 11 is 0. The number of halogens is 3. The Hall–Kier alpha value is -3.76. The van der Waals surface area contributed by atoms with Crippen molar-refractivity contribution in [3.05, 3.63) is 47.7 Å². The van der Waals surface area contributed by atoms with Crippen molar-refractivity contribution >= 4 is 32.3 Å². The Morgan fingerprint density at radius 2 is 2.00 bits per heavy atom. The molecule has 2 unspecified atom stereocenters. The number of alkyl halides is 3. The Morgan fingerprint density at radius 3 is 2.66 bits per heavy atom. The average Bonchev–Trinajstić information content (AvgIpc) is 3.28. The zero-order chi connectivity index (χ0) is 29.9. The standard InChI is InChI=1S/C28H32F3N5O4S/c1-18-16-35(2)11-9-23(18)34-27(37)21-12-19(13-25-22(21)15-33-36(25)17-28(29,30)31)6-5-10-32-24-14-20(41(4,38)39)7-8-26(24)40-3/h7-8,12-15,18,23,32H,9-11,16-17H2,1-4H3,(H,34,37). The molecule has 2 heterocycles. The summed E-state index contributed by atoms with van der Waals surface area (Å²) in [5, 5.41) is 10.3. The molecule has 0 saturated carbocycles. The molecule has 1 aliphatic rings. The number of amides is 1. The van der Waals surface area contributed by atoms with Gasteiger partial charge in [0.05, 0.1) is 41.5 Å². The van der Waals surface area contributed by atoms with Gasteiger partial charge in [0.1, 0.15) is 12.3 Å². The number of methoxy groups -OCH3 is 1. The highest BCUT2D eigenvalue weighted by molar-refractivity contribution is 7.90. The fraction of sp³-hybridized carbons (Fsp3) is 0.429. The minimum atomic E-state index is -4.50. The lowest BCUT2D eigenvalue weighted by Gasteiger charge is -2.35. The Balaban J connectivity index is 1.63. The highest BCUT2D eigenvalue weighted by Crippen LogP contribution is 2.28. The van der Waals surface area contributed by atoms with Crippen molar-refractivity contribution in [2.24, 2.45) is 5.92 Å². The van der Waals surface area contributed by atoms with Crippen molar-refractivity contribution < 1.29 is 31.1 Å². The number of rotatable bonds is 7. The summed E-state index contributed by atoms with van der Waals surface area (Å²) in [6.07, 6.45) is -1.38. The van der Waals surface area contributed by atoms with Gasteiger partial charge in [0.2, 0.25) is 0 Å². The van der Waals surface area contributed by atoms with E-state index in [9.17, 15) is 26.4 Å². The van der Waals surface area contributed by atoms with Gasteiger partial charge in [0, 0.05) is 29.8 Å². The number of benzene rings is 2. The molecule has 0 radical (unpaired) electrons. The van der Waals surface area contributed by atoms with Gasteiger partial charge in [-0.05, 0) is 56.3 Å². The maximum atomic E-state index is 13.4. The minimum absolute atomic E-state index is 0.0675. The van der Waals surface area contributed by atoms with Crippen LogP contribution in [0.2, 0.25) is 0 Å². The van der Waals surface area contributed by atoms with Gasteiger partial charge in [-0.3, -0.25) is 9.48 Å². The first-order chi connectivity index (χ1) is 19.2. The highest BCUT2D eigenvalue weighted by atomic mass is 32.2. The van der Waals surface area contributed by atoms with Crippen LogP contribution in [0.4, 0.5) is 18.9 Å². The smallest absolute Gasteiger partial charge is 0.408 e. The van der Waals surface area contributed by atoms with Crippen LogP contribution in [0, 0.1) is 17.8 Å². The van der Waals surface area contributed by atoms with Crippen LogP contribution in [-0.2, 0) is 16.4 Å². The van der Waals surface area contributed by atoms with E-state index in [-0.39, 0.29) is 34.5 Å². The zero-order valence-corrected chi connectivity index (χ0v) is 24.0. The third-order valence-corrected chi connectivity index (χ3v) is 8.07. The zero-order valence-electron chi connectivity index (χ0n) is 23.2. The van der Waals surface area contributed by atoms with E-state index < -0.39 is 28.5 Å². The Bertz CT molecular complexity index is 1610. The predicted octanol–water partition coefficient (Wildman–Crippen LogP) is 3.54. The van der Waals surface area contributed by atoms with E-state index in [0.717, 1.165) is 30.4 Å². The average molecular weight is 592 g/mol. The third-order valence-electron chi connectivity index (χ3n) is 6.96. The van der Waals surface area contributed by atoms with Gasteiger partial charge in [0.25, 0.3) is 5.91 Å². The van der Waals surface area contributed by atoms with Crippen molar-refractivity contribution in [2.75, 3.05) is 45.4 Å². The lowest BCUT2D eigenvalue weighted by molar-refractivity contribution is -0.141. The van der Waals surface area contributed by atoms with Crippen LogP contribution < -0.4 is 15.4 Å². The Labute approximate surface area is 237 Å². The number of carbonyl (C=O) groups excluding carboxylic acids is 1. The molecule has 0 aliphatic carbocycles. The maximum absolute atomic E-state index is 13.4. The van der Waals surface area contributed by atoms with Crippen LogP contribution >= 0.6 is 0 Å². The highest BCUT2D eigenvalue weighted by Gasteiger charge is 2.30. The number of ether oxygens (including phenoxy) is 1. The number of sulfone groups is 1. The number of carbonyl (C=O) groups is 1. The maximum Gasteiger partial charge on any atom is 0.408 e. The second-order valence-electron chi connectivity index (χ2n) is 10.3. The number of aromatic nitrogens is 2. The Morgan fingerprint density at radius 1 is 1.24 bits per heavy atom. The monoisotopic (exact) mass is 591 g/mol. The first-order valence-corrected chi connectivity index (χ1v) is 14.8. The number of hydrogen-bond donors (Lipinski definition) is 2. The molecule has 1 fully saturated rings. The largest absolute Gasteiger partial charge is 0.495 e. The number of nitrogens with zero attached hydrogens (tertiary/aromatic N) is 3. The van der Waals surface area contributed by atoms with Gasteiger partial charge >= 0.3 is 6.18 Å². The van der Waals surface area contributed by atoms with Crippen LogP contribution in [-0.4, -0.2) is 81.3 Å². The van der Waals surface area contributed by atoms with Gasteiger partial charge in [-0.25, -0.2) is 8.42 Å². The molecule has 220 valence electrons. The van der Waals surface area contributed by atoms with E-state index in [4.69, 9.17) is 4.74 Å². The van der Waals surface area contributed by atoms with E-state index in [2.05, 4.69) is 32.5 Å². The summed E-state index contributed by atoms with van der Waals surface area (Å²) in [6, 6.07) is 7.34. The van der Waals surface area contributed by atoms with Crippen molar-refractivity contribution in [1.29, 1.82) is 0 Å². The molecule has 2 N–H and O–H groups in total. The van der Waals surface area contributed by atoms with Crippen molar-refractivity contribution in [2.45, 2.75) is 37.0 Å². The van der Waals surface area contributed by atoms with Crippen molar-refractivity contribution in [3.63, 3.8) is 0 Å². The van der Waals surface area contributed by atoms with Crippen LogP contribution in [0.5, 0.6) is 5.75 Å². The summed E-state index contributed by atoms with van der Waals surface area (Å²) in [7, 11) is 0.0189. The number of likely N-dealkylation sites (tertiary alicyclic amines) is 1. The second-order valence-corrected chi connectivity index (χ2v) is 12.3. The number of piperidine rings is 1. The molecule has 2 aromatic carbocycles. The molecule has 13 heteroatoms. The molecule has 1 aromatic heterocycles. The summed E-state index contributed by atoms with van der Waals surface area (Å²) in [5.74, 6) is 6.01. The lowest BCUT2D eigenvalue weighted by atomic mass is 9.93. The molecule has 1 aliphatic heterocycles. The number of hydrogen-bond acceptors (Lipinski definition) is 7. The first-order valence-electron chi connectivity index (χ1n) is 12.9. The molecule has 1 saturated heterocycles. The van der Waals surface area contributed by atoms with Gasteiger partial charge in [-0.15, -0.1) is 0 Å². The summed E-state index contributed by atoms with van der Waals surface area (Å²) in [6.45, 7) is 2.45. The molecule has 0 spiro atoms. The molecular weight excluding hydrogens is 559 g/mol. The molecule has 1 amide bonds. The molecule has 9 nitrogen and oxygen atoms in total. The SMILES string of the molecule is COc1ccc(S(C)(=O)=O)cc1NCC#Cc1cc(C(=O)NC2CCN(C)CC2C)c2cnn(CC(F)(F)F)c2c1. The lowest BCUT2D eigenvalue weighted by Crippen LogP contribution is -2.48.